The summed E-state index contributed by atoms with van der Waals surface area (Å²) < 4.78 is 31.3. The Kier molecular flexibility index (Phi) is 8.00. The van der Waals surface area contributed by atoms with E-state index in [2.05, 4.69) is 24.4 Å². The van der Waals surface area contributed by atoms with Crippen molar-refractivity contribution in [2.75, 3.05) is 23.7 Å². The van der Waals surface area contributed by atoms with E-state index in [0.29, 0.717) is 18.2 Å². The zero-order valence-corrected chi connectivity index (χ0v) is 18.9. The van der Waals surface area contributed by atoms with Gasteiger partial charge in [0.2, 0.25) is 10.0 Å². The molecule has 0 saturated heterocycles. The van der Waals surface area contributed by atoms with Gasteiger partial charge < -0.3 is 4.74 Å². The van der Waals surface area contributed by atoms with E-state index in [0.717, 1.165) is 33.0 Å². The third kappa shape index (κ3) is 6.88. The van der Waals surface area contributed by atoms with E-state index < -0.39 is 15.9 Å². The summed E-state index contributed by atoms with van der Waals surface area (Å²) in [6, 6.07) is 12.8. The van der Waals surface area contributed by atoms with Gasteiger partial charge in [0.05, 0.1) is 24.8 Å². The van der Waals surface area contributed by atoms with Crippen molar-refractivity contribution >= 4 is 27.8 Å². The Balaban J connectivity index is 2.03. The van der Waals surface area contributed by atoms with Gasteiger partial charge in [0.25, 0.3) is 5.91 Å². The first kappa shape index (κ1) is 23.4. The van der Waals surface area contributed by atoms with Crippen molar-refractivity contribution in [1.82, 2.24) is 5.43 Å². The molecule has 0 unspecified atom stereocenters. The number of anilines is 1. The fourth-order valence-electron chi connectivity index (χ4n) is 2.82. The molecule has 7 nitrogen and oxygen atoms in total. The summed E-state index contributed by atoms with van der Waals surface area (Å²) in [4.78, 5) is 12.3. The van der Waals surface area contributed by atoms with Gasteiger partial charge in [0.1, 0.15) is 12.3 Å². The molecule has 2 aromatic carbocycles. The molecule has 0 saturated carbocycles. The smallest absolute Gasteiger partial charge is 0.260 e. The van der Waals surface area contributed by atoms with Gasteiger partial charge in [-0.25, -0.2) is 13.8 Å². The standard InChI is InChI=1S/C22H29N3O4S/c1-16(2)15-29-20-11-9-19(10-12-20)13-23-24-21(26)14-25(30(5,27)28)22-17(3)7-6-8-18(22)4/h6-13,16H,14-15H2,1-5H3,(H,24,26)/b23-13-. The van der Waals surface area contributed by atoms with E-state index in [1.165, 1.54) is 6.21 Å². The first-order chi connectivity index (χ1) is 14.1. The highest BCUT2D eigenvalue weighted by Gasteiger charge is 2.23. The first-order valence-corrected chi connectivity index (χ1v) is 11.5. The third-order valence-electron chi connectivity index (χ3n) is 4.24. The predicted octanol–water partition coefficient (Wildman–Crippen LogP) is 3.25. The van der Waals surface area contributed by atoms with E-state index in [-0.39, 0.29) is 6.54 Å². The zero-order valence-electron chi connectivity index (χ0n) is 18.0. The number of nitrogens with zero attached hydrogens (tertiary/aromatic N) is 2. The summed E-state index contributed by atoms with van der Waals surface area (Å²) in [5.74, 6) is 0.676. The summed E-state index contributed by atoms with van der Waals surface area (Å²) >= 11 is 0. The van der Waals surface area contributed by atoms with Crippen molar-refractivity contribution in [3.8, 4) is 5.75 Å². The lowest BCUT2D eigenvalue weighted by molar-refractivity contribution is -0.119. The van der Waals surface area contributed by atoms with Crippen LogP contribution in [0.4, 0.5) is 5.69 Å². The molecular formula is C22H29N3O4S. The average Bonchev–Trinajstić information content (AvgIpc) is 2.65. The minimum absolute atomic E-state index is 0.357. The number of nitrogens with one attached hydrogen (secondary N) is 1. The SMILES string of the molecule is Cc1cccc(C)c1N(CC(=O)N/N=C\c1ccc(OCC(C)C)cc1)S(C)(=O)=O. The van der Waals surface area contributed by atoms with Gasteiger partial charge in [-0.2, -0.15) is 5.10 Å². The Morgan fingerprint density at radius 2 is 1.73 bits per heavy atom. The average molecular weight is 432 g/mol. The Bertz CT molecular complexity index is 979. The van der Waals surface area contributed by atoms with Crippen LogP contribution < -0.4 is 14.5 Å². The van der Waals surface area contributed by atoms with Crippen molar-refractivity contribution in [3.05, 3.63) is 59.2 Å². The number of rotatable bonds is 9. The predicted molar refractivity (Wildman–Crippen MR) is 121 cm³/mol. The molecule has 1 N–H and O–H groups in total. The second-order valence-corrected chi connectivity index (χ2v) is 9.48. The molecular weight excluding hydrogens is 402 g/mol. The first-order valence-electron chi connectivity index (χ1n) is 9.66. The number of carbonyl (C=O) groups is 1. The van der Waals surface area contributed by atoms with Crippen molar-refractivity contribution in [3.63, 3.8) is 0 Å². The van der Waals surface area contributed by atoms with Crippen LogP contribution in [0.3, 0.4) is 0 Å². The number of aryl methyl sites for hydroxylation is 2. The van der Waals surface area contributed by atoms with Crippen LogP contribution in [-0.2, 0) is 14.8 Å². The van der Waals surface area contributed by atoms with Crippen LogP contribution in [0.25, 0.3) is 0 Å². The number of para-hydroxylation sites is 1. The Labute approximate surface area is 178 Å². The van der Waals surface area contributed by atoms with Crippen LogP contribution in [0.1, 0.15) is 30.5 Å². The third-order valence-corrected chi connectivity index (χ3v) is 5.36. The number of amides is 1. The minimum Gasteiger partial charge on any atom is -0.493 e. The lowest BCUT2D eigenvalue weighted by atomic mass is 10.1. The second-order valence-electron chi connectivity index (χ2n) is 7.58. The number of ether oxygens (including phenoxy) is 1. The molecule has 0 aromatic heterocycles. The molecule has 1 amide bonds. The van der Waals surface area contributed by atoms with Gasteiger partial charge in [0.15, 0.2) is 0 Å². The van der Waals surface area contributed by atoms with Gasteiger partial charge in [-0.05, 0) is 60.7 Å². The van der Waals surface area contributed by atoms with E-state index in [9.17, 15) is 13.2 Å². The molecule has 0 atom stereocenters. The largest absolute Gasteiger partial charge is 0.493 e. The highest BCUT2D eigenvalue weighted by atomic mass is 32.2. The Morgan fingerprint density at radius 3 is 2.27 bits per heavy atom. The lowest BCUT2D eigenvalue weighted by Gasteiger charge is -2.25. The molecule has 0 aliphatic heterocycles. The van der Waals surface area contributed by atoms with Crippen molar-refractivity contribution in [1.29, 1.82) is 0 Å². The van der Waals surface area contributed by atoms with E-state index >= 15 is 0 Å². The fraction of sp³-hybridized carbons (Fsp3) is 0.364. The summed E-state index contributed by atoms with van der Waals surface area (Å²) in [6.45, 7) is 8.06. The fourth-order valence-corrected chi connectivity index (χ4v) is 3.79. The van der Waals surface area contributed by atoms with Crippen molar-refractivity contribution in [2.45, 2.75) is 27.7 Å². The summed E-state index contributed by atoms with van der Waals surface area (Å²) in [6.07, 6.45) is 2.58. The normalized spacial score (nSPS) is 11.7. The molecule has 2 rings (SSSR count). The molecule has 30 heavy (non-hydrogen) atoms. The summed E-state index contributed by atoms with van der Waals surface area (Å²) in [7, 11) is -3.64. The second kappa shape index (κ2) is 10.2. The van der Waals surface area contributed by atoms with Crippen LogP contribution in [0.5, 0.6) is 5.75 Å². The van der Waals surface area contributed by atoms with Crippen LogP contribution in [-0.4, -0.2) is 39.9 Å². The van der Waals surface area contributed by atoms with Crippen LogP contribution >= 0.6 is 0 Å². The maximum Gasteiger partial charge on any atom is 0.260 e. The van der Waals surface area contributed by atoms with E-state index in [4.69, 9.17) is 4.74 Å². The Hall–Kier alpha value is -2.87. The minimum atomic E-state index is -3.64. The van der Waals surface area contributed by atoms with Gasteiger partial charge >= 0.3 is 0 Å². The highest BCUT2D eigenvalue weighted by molar-refractivity contribution is 7.92. The van der Waals surface area contributed by atoms with Crippen molar-refractivity contribution in [2.24, 2.45) is 11.0 Å². The van der Waals surface area contributed by atoms with Gasteiger partial charge in [-0.3, -0.25) is 9.10 Å². The lowest BCUT2D eigenvalue weighted by Crippen LogP contribution is -2.39. The van der Waals surface area contributed by atoms with Gasteiger partial charge in [-0.1, -0.05) is 32.0 Å². The van der Waals surface area contributed by atoms with E-state index in [1.54, 1.807) is 0 Å². The summed E-state index contributed by atoms with van der Waals surface area (Å²) in [5.41, 5.74) is 5.23. The molecule has 0 aliphatic rings. The number of hydrogen-bond donors (Lipinski definition) is 1. The van der Waals surface area contributed by atoms with Crippen molar-refractivity contribution < 1.29 is 17.9 Å². The maximum absolute atomic E-state index is 12.3. The van der Waals surface area contributed by atoms with Crippen LogP contribution in [0.2, 0.25) is 0 Å². The Morgan fingerprint density at radius 1 is 1.13 bits per heavy atom. The molecule has 162 valence electrons. The molecule has 0 radical (unpaired) electrons. The number of hydrogen-bond acceptors (Lipinski definition) is 5. The number of carbonyl (C=O) groups excluding carboxylic acids is 1. The van der Waals surface area contributed by atoms with Crippen LogP contribution in [0, 0.1) is 19.8 Å². The molecule has 2 aromatic rings. The molecule has 0 aliphatic carbocycles. The summed E-state index contributed by atoms with van der Waals surface area (Å²) in [5, 5.41) is 3.93. The molecule has 0 bridgehead atoms. The van der Waals surface area contributed by atoms with Gasteiger partial charge in [-0.15, -0.1) is 0 Å². The quantitative estimate of drug-likeness (QED) is 0.488. The molecule has 0 spiro atoms. The molecule has 8 heteroatoms. The number of benzene rings is 2. The monoisotopic (exact) mass is 431 g/mol. The number of sulfonamides is 1. The van der Waals surface area contributed by atoms with Crippen LogP contribution in [0.15, 0.2) is 47.6 Å². The molecule has 0 heterocycles. The highest BCUT2D eigenvalue weighted by Crippen LogP contribution is 2.26. The van der Waals surface area contributed by atoms with E-state index in [1.807, 2.05) is 56.3 Å². The molecule has 0 fully saturated rings. The van der Waals surface area contributed by atoms with Gasteiger partial charge in [0, 0.05) is 0 Å². The number of hydrazone groups is 1. The topological polar surface area (TPSA) is 88.1 Å². The zero-order chi connectivity index (χ0) is 22.3. The maximum atomic E-state index is 12.3.